The number of hydrogen-bond acceptors (Lipinski definition) is 4. The van der Waals surface area contributed by atoms with Gasteiger partial charge in [0.15, 0.2) is 0 Å². The molecule has 1 aromatic carbocycles. The van der Waals surface area contributed by atoms with Crippen LogP contribution in [0.3, 0.4) is 0 Å². The highest BCUT2D eigenvalue weighted by Gasteiger charge is 2.31. The highest BCUT2D eigenvalue weighted by atomic mass is 19.4. The Kier molecular flexibility index (Phi) is 4.08. The first-order chi connectivity index (χ1) is 9.90. The van der Waals surface area contributed by atoms with Gasteiger partial charge in [0.05, 0.1) is 40.9 Å². The molecular formula is C14H11F3N4. The van der Waals surface area contributed by atoms with E-state index in [-0.39, 0.29) is 12.1 Å². The Balaban J connectivity index is 2.17. The molecule has 0 saturated carbocycles. The highest BCUT2D eigenvalue weighted by Crippen LogP contribution is 2.31. The molecule has 1 aromatic heterocycles. The van der Waals surface area contributed by atoms with Crippen molar-refractivity contribution in [2.75, 3.05) is 5.32 Å². The molecule has 0 unspecified atom stereocenters. The SMILES string of the molecule is Cc1cnc(CNc2ccc(C(F)(F)F)cc2C#N)cn1. The summed E-state index contributed by atoms with van der Waals surface area (Å²) in [7, 11) is 0. The first-order valence-corrected chi connectivity index (χ1v) is 6.03. The lowest BCUT2D eigenvalue weighted by molar-refractivity contribution is -0.137. The summed E-state index contributed by atoms with van der Waals surface area (Å²) in [5.74, 6) is 0. The lowest BCUT2D eigenvalue weighted by atomic mass is 10.1. The average Bonchev–Trinajstić information content (AvgIpc) is 2.45. The van der Waals surface area contributed by atoms with Crippen LogP contribution in [0.4, 0.5) is 18.9 Å². The van der Waals surface area contributed by atoms with Crippen molar-refractivity contribution in [3.63, 3.8) is 0 Å². The van der Waals surface area contributed by atoms with Gasteiger partial charge in [-0.3, -0.25) is 9.97 Å². The Bertz CT molecular complexity index is 672. The zero-order chi connectivity index (χ0) is 15.5. The van der Waals surface area contributed by atoms with Crippen LogP contribution in [-0.4, -0.2) is 9.97 Å². The third-order valence-corrected chi connectivity index (χ3v) is 2.76. The van der Waals surface area contributed by atoms with Crippen molar-refractivity contribution in [3.8, 4) is 6.07 Å². The summed E-state index contributed by atoms with van der Waals surface area (Å²) in [6.07, 6.45) is -1.31. The monoisotopic (exact) mass is 292 g/mol. The topological polar surface area (TPSA) is 61.6 Å². The van der Waals surface area contributed by atoms with Crippen molar-refractivity contribution in [3.05, 3.63) is 53.1 Å². The number of aromatic nitrogens is 2. The number of rotatable bonds is 3. The third kappa shape index (κ3) is 3.69. The fourth-order valence-electron chi connectivity index (χ4n) is 1.66. The van der Waals surface area contributed by atoms with Crippen molar-refractivity contribution in [1.82, 2.24) is 9.97 Å². The Morgan fingerprint density at radius 1 is 1.24 bits per heavy atom. The largest absolute Gasteiger partial charge is 0.416 e. The minimum absolute atomic E-state index is 0.0649. The van der Waals surface area contributed by atoms with Crippen LogP contribution in [0.1, 0.15) is 22.5 Å². The van der Waals surface area contributed by atoms with Gasteiger partial charge in [0.2, 0.25) is 0 Å². The third-order valence-electron chi connectivity index (χ3n) is 2.76. The zero-order valence-electron chi connectivity index (χ0n) is 11.1. The number of halogens is 3. The lowest BCUT2D eigenvalue weighted by Gasteiger charge is -2.11. The van der Waals surface area contributed by atoms with Crippen LogP contribution in [0.25, 0.3) is 0 Å². The second kappa shape index (κ2) is 5.79. The van der Waals surface area contributed by atoms with E-state index in [0.717, 1.165) is 17.8 Å². The van der Waals surface area contributed by atoms with Crippen molar-refractivity contribution in [1.29, 1.82) is 5.26 Å². The quantitative estimate of drug-likeness (QED) is 0.943. The van der Waals surface area contributed by atoms with E-state index in [0.29, 0.717) is 11.4 Å². The summed E-state index contributed by atoms with van der Waals surface area (Å²) in [6, 6.07) is 4.75. The minimum Gasteiger partial charge on any atom is -0.378 e. The first kappa shape index (κ1) is 14.8. The van der Waals surface area contributed by atoms with Gasteiger partial charge in [-0.05, 0) is 25.1 Å². The van der Waals surface area contributed by atoms with Crippen LogP contribution in [-0.2, 0) is 12.7 Å². The number of nitrogens with zero attached hydrogens (tertiary/aromatic N) is 3. The van der Waals surface area contributed by atoms with Gasteiger partial charge in [-0.25, -0.2) is 0 Å². The van der Waals surface area contributed by atoms with E-state index in [1.165, 1.54) is 6.07 Å². The fourth-order valence-corrected chi connectivity index (χ4v) is 1.66. The molecule has 4 nitrogen and oxygen atoms in total. The van der Waals surface area contributed by atoms with Crippen molar-refractivity contribution in [2.45, 2.75) is 19.6 Å². The molecule has 0 aliphatic carbocycles. The summed E-state index contributed by atoms with van der Waals surface area (Å²) in [6.45, 7) is 2.07. The van der Waals surface area contributed by atoms with Crippen LogP contribution in [0, 0.1) is 18.3 Å². The molecule has 0 aliphatic heterocycles. The summed E-state index contributed by atoms with van der Waals surface area (Å²) < 4.78 is 37.7. The van der Waals surface area contributed by atoms with E-state index in [1.54, 1.807) is 25.4 Å². The Morgan fingerprint density at radius 2 is 2.00 bits per heavy atom. The molecule has 0 aliphatic rings. The molecule has 1 heterocycles. The summed E-state index contributed by atoms with van der Waals surface area (Å²) in [5.41, 5.74) is 0.813. The van der Waals surface area contributed by atoms with E-state index >= 15 is 0 Å². The summed E-state index contributed by atoms with van der Waals surface area (Å²) >= 11 is 0. The van der Waals surface area contributed by atoms with Gasteiger partial charge < -0.3 is 5.32 Å². The number of hydrogen-bond donors (Lipinski definition) is 1. The molecule has 2 aromatic rings. The van der Waals surface area contributed by atoms with Gasteiger partial charge in [0.25, 0.3) is 0 Å². The van der Waals surface area contributed by atoms with Gasteiger partial charge >= 0.3 is 6.18 Å². The molecule has 0 saturated heterocycles. The molecule has 2 rings (SSSR count). The Hall–Kier alpha value is -2.62. The molecule has 7 heteroatoms. The predicted octanol–water partition coefficient (Wildman–Crippen LogP) is 3.29. The Morgan fingerprint density at radius 3 is 2.57 bits per heavy atom. The molecule has 0 bridgehead atoms. The highest BCUT2D eigenvalue weighted by molar-refractivity contribution is 5.59. The molecule has 0 amide bonds. The number of benzene rings is 1. The minimum atomic E-state index is -4.47. The zero-order valence-corrected chi connectivity index (χ0v) is 11.1. The molecule has 0 fully saturated rings. The van der Waals surface area contributed by atoms with Gasteiger partial charge in [0, 0.05) is 6.20 Å². The second-order valence-corrected chi connectivity index (χ2v) is 4.37. The van der Waals surface area contributed by atoms with E-state index in [1.807, 2.05) is 0 Å². The standard InChI is InChI=1S/C14H11F3N4/c1-9-6-20-12(7-19-9)8-21-13-3-2-11(14(15,16)17)4-10(13)5-18/h2-4,6-7,21H,8H2,1H3. The molecule has 0 spiro atoms. The maximum atomic E-state index is 12.6. The van der Waals surface area contributed by atoms with Crippen molar-refractivity contribution >= 4 is 5.69 Å². The summed E-state index contributed by atoms with van der Waals surface area (Å²) in [4.78, 5) is 8.18. The molecule has 1 N–H and O–H groups in total. The normalized spacial score (nSPS) is 11.0. The van der Waals surface area contributed by atoms with Crippen molar-refractivity contribution < 1.29 is 13.2 Å². The van der Waals surface area contributed by atoms with E-state index in [4.69, 9.17) is 5.26 Å². The number of nitrogens with one attached hydrogen (secondary N) is 1. The predicted molar refractivity (Wildman–Crippen MR) is 70.3 cm³/mol. The van der Waals surface area contributed by atoms with Gasteiger partial charge in [-0.2, -0.15) is 18.4 Å². The Labute approximate surface area is 119 Å². The number of anilines is 1. The van der Waals surface area contributed by atoms with Gasteiger partial charge in [0.1, 0.15) is 6.07 Å². The van der Waals surface area contributed by atoms with Crippen LogP contribution >= 0.6 is 0 Å². The van der Waals surface area contributed by atoms with Crippen LogP contribution in [0.5, 0.6) is 0 Å². The van der Waals surface area contributed by atoms with Gasteiger partial charge in [-0.15, -0.1) is 0 Å². The molecule has 108 valence electrons. The van der Waals surface area contributed by atoms with E-state index in [9.17, 15) is 13.2 Å². The number of nitriles is 1. The van der Waals surface area contributed by atoms with E-state index in [2.05, 4.69) is 15.3 Å². The smallest absolute Gasteiger partial charge is 0.378 e. The second-order valence-electron chi connectivity index (χ2n) is 4.37. The maximum absolute atomic E-state index is 12.6. The summed E-state index contributed by atoms with van der Waals surface area (Å²) in [5, 5.41) is 11.8. The lowest BCUT2D eigenvalue weighted by Crippen LogP contribution is -2.08. The van der Waals surface area contributed by atoms with Crippen LogP contribution < -0.4 is 5.32 Å². The molecule has 0 radical (unpaired) electrons. The van der Waals surface area contributed by atoms with Gasteiger partial charge in [-0.1, -0.05) is 0 Å². The average molecular weight is 292 g/mol. The number of alkyl halides is 3. The van der Waals surface area contributed by atoms with Crippen LogP contribution in [0.15, 0.2) is 30.6 Å². The van der Waals surface area contributed by atoms with E-state index < -0.39 is 11.7 Å². The molecule has 21 heavy (non-hydrogen) atoms. The van der Waals surface area contributed by atoms with Crippen molar-refractivity contribution in [2.24, 2.45) is 0 Å². The first-order valence-electron chi connectivity index (χ1n) is 6.03. The maximum Gasteiger partial charge on any atom is 0.416 e. The van der Waals surface area contributed by atoms with Crippen LogP contribution in [0.2, 0.25) is 0 Å². The fraction of sp³-hybridized carbons (Fsp3) is 0.214. The number of aryl methyl sites for hydroxylation is 1. The molecule has 0 atom stereocenters. The molecular weight excluding hydrogens is 281 g/mol.